The zero-order valence-electron chi connectivity index (χ0n) is 7.56. The second-order valence-electron chi connectivity index (χ2n) is 4.41. The van der Waals surface area contributed by atoms with E-state index in [1.165, 1.54) is 5.57 Å². The van der Waals surface area contributed by atoms with E-state index >= 15 is 0 Å². The Balaban J connectivity index is 2.62. The van der Waals surface area contributed by atoms with Crippen LogP contribution in [0.25, 0.3) is 0 Å². The van der Waals surface area contributed by atoms with Crippen molar-refractivity contribution in [2.45, 2.75) is 33.1 Å². The van der Waals surface area contributed by atoms with Crippen LogP contribution in [0.3, 0.4) is 0 Å². The number of allylic oxidation sites excluding steroid dienone is 1. The van der Waals surface area contributed by atoms with Gasteiger partial charge in [0.25, 0.3) is 0 Å². The maximum atomic E-state index is 9.14. The van der Waals surface area contributed by atoms with Gasteiger partial charge in [-0.15, -0.1) is 0 Å². The molecular formula is C10H18O. The van der Waals surface area contributed by atoms with E-state index in [1.807, 2.05) is 0 Å². The highest BCUT2D eigenvalue weighted by molar-refractivity contribution is 5.05. The third kappa shape index (κ3) is 2.06. The van der Waals surface area contributed by atoms with Crippen molar-refractivity contribution >= 4 is 0 Å². The average molecular weight is 154 g/mol. The van der Waals surface area contributed by atoms with Gasteiger partial charge >= 0.3 is 0 Å². The van der Waals surface area contributed by atoms with Crippen LogP contribution < -0.4 is 0 Å². The maximum absolute atomic E-state index is 9.14. The van der Waals surface area contributed by atoms with Crippen LogP contribution in [0.15, 0.2) is 12.2 Å². The van der Waals surface area contributed by atoms with Crippen molar-refractivity contribution in [1.82, 2.24) is 0 Å². The van der Waals surface area contributed by atoms with E-state index in [0.29, 0.717) is 12.5 Å². The minimum absolute atomic E-state index is 0.120. The van der Waals surface area contributed by atoms with Crippen molar-refractivity contribution in [3.63, 3.8) is 0 Å². The Hall–Kier alpha value is -0.300. The van der Waals surface area contributed by atoms with E-state index in [0.717, 1.165) is 19.3 Å². The van der Waals surface area contributed by atoms with Crippen molar-refractivity contribution in [3.05, 3.63) is 12.2 Å². The zero-order chi connectivity index (χ0) is 8.48. The van der Waals surface area contributed by atoms with Gasteiger partial charge in [-0.05, 0) is 30.6 Å². The van der Waals surface area contributed by atoms with Crippen LogP contribution in [0.4, 0.5) is 0 Å². The van der Waals surface area contributed by atoms with Gasteiger partial charge in [0.15, 0.2) is 0 Å². The fraction of sp³-hybridized carbons (Fsp3) is 0.800. The third-order valence-corrected chi connectivity index (χ3v) is 2.54. The van der Waals surface area contributed by atoms with E-state index in [1.54, 1.807) is 0 Å². The molecule has 0 aromatic heterocycles. The molecule has 64 valence electrons. The second kappa shape index (κ2) is 2.98. The van der Waals surface area contributed by atoms with Gasteiger partial charge in [-0.25, -0.2) is 0 Å². The molecule has 1 nitrogen and oxygen atoms in total. The molecule has 0 saturated heterocycles. The van der Waals surface area contributed by atoms with Gasteiger partial charge in [0.1, 0.15) is 0 Å². The van der Waals surface area contributed by atoms with Crippen molar-refractivity contribution in [2.24, 2.45) is 11.3 Å². The molecule has 0 aromatic carbocycles. The van der Waals surface area contributed by atoms with Crippen LogP contribution in [0.1, 0.15) is 33.1 Å². The normalized spacial score (nSPS) is 39.2. The monoisotopic (exact) mass is 154 g/mol. The van der Waals surface area contributed by atoms with Crippen LogP contribution in [0.2, 0.25) is 0 Å². The molecule has 11 heavy (non-hydrogen) atoms. The summed E-state index contributed by atoms with van der Waals surface area (Å²) in [5.41, 5.74) is 1.43. The molecule has 0 bridgehead atoms. The first kappa shape index (κ1) is 8.79. The van der Waals surface area contributed by atoms with E-state index in [-0.39, 0.29) is 5.41 Å². The van der Waals surface area contributed by atoms with Crippen molar-refractivity contribution < 1.29 is 5.11 Å². The highest BCUT2D eigenvalue weighted by Gasteiger charge is 2.31. The summed E-state index contributed by atoms with van der Waals surface area (Å²) in [4.78, 5) is 0. The fourth-order valence-corrected chi connectivity index (χ4v) is 2.27. The van der Waals surface area contributed by atoms with Gasteiger partial charge in [0.05, 0.1) is 0 Å². The summed E-state index contributed by atoms with van der Waals surface area (Å²) in [6.45, 7) is 8.68. The first-order chi connectivity index (χ1) is 5.06. The molecule has 0 aromatic rings. The summed E-state index contributed by atoms with van der Waals surface area (Å²) in [7, 11) is 0. The first-order valence-corrected chi connectivity index (χ1v) is 4.33. The van der Waals surface area contributed by atoms with Crippen LogP contribution in [-0.2, 0) is 0 Å². The van der Waals surface area contributed by atoms with E-state index in [2.05, 4.69) is 20.4 Å². The Bertz CT molecular complexity index is 162. The Morgan fingerprint density at radius 3 is 2.82 bits per heavy atom. The lowest BCUT2D eigenvalue weighted by Crippen LogP contribution is -2.29. The maximum Gasteiger partial charge on any atom is 0.0487 e. The molecule has 0 radical (unpaired) electrons. The zero-order valence-corrected chi connectivity index (χ0v) is 7.56. The average Bonchev–Trinajstić information content (AvgIpc) is 1.84. The molecule has 1 heteroatoms. The molecule has 2 atom stereocenters. The van der Waals surface area contributed by atoms with E-state index in [4.69, 9.17) is 5.11 Å². The van der Waals surface area contributed by atoms with E-state index < -0.39 is 0 Å². The molecule has 0 heterocycles. The SMILES string of the molecule is C=C1CC(C)CC(C)(CO)C1. The lowest BCUT2D eigenvalue weighted by atomic mass is 9.70. The van der Waals surface area contributed by atoms with Gasteiger partial charge in [0, 0.05) is 6.61 Å². The van der Waals surface area contributed by atoms with Gasteiger partial charge in [0.2, 0.25) is 0 Å². The smallest absolute Gasteiger partial charge is 0.0487 e. The number of rotatable bonds is 1. The molecular weight excluding hydrogens is 136 g/mol. The Kier molecular flexibility index (Phi) is 2.38. The highest BCUT2D eigenvalue weighted by atomic mass is 16.3. The van der Waals surface area contributed by atoms with Crippen molar-refractivity contribution in [3.8, 4) is 0 Å². The Morgan fingerprint density at radius 1 is 1.73 bits per heavy atom. The van der Waals surface area contributed by atoms with Crippen LogP contribution in [0.5, 0.6) is 0 Å². The molecule has 0 amide bonds. The topological polar surface area (TPSA) is 20.2 Å². The minimum atomic E-state index is 0.120. The van der Waals surface area contributed by atoms with Crippen LogP contribution in [-0.4, -0.2) is 11.7 Å². The number of hydrogen-bond donors (Lipinski definition) is 1. The fourth-order valence-electron chi connectivity index (χ4n) is 2.27. The summed E-state index contributed by atoms with van der Waals surface area (Å²) < 4.78 is 0. The van der Waals surface area contributed by atoms with E-state index in [9.17, 15) is 0 Å². The molecule has 0 spiro atoms. The van der Waals surface area contributed by atoms with Crippen LogP contribution in [0, 0.1) is 11.3 Å². The van der Waals surface area contributed by atoms with Crippen molar-refractivity contribution in [1.29, 1.82) is 0 Å². The predicted octanol–water partition coefficient (Wildman–Crippen LogP) is 2.36. The summed E-state index contributed by atoms with van der Waals surface area (Å²) in [6, 6.07) is 0. The van der Waals surface area contributed by atoms with Gasteiger partial charge in [-0.1, -0.05) is 26.0 Å². The highest BCUT2D eigenvalue weighted by Crippen LogP contribution is 2.40. The Morgan fingerprint density at radius 2 is 2.36 bits per heavy atom. The summed E-state index contributed by atoms with van der Waals surface area (Å²) in [5.74, 6) is 0.702. The lowest BCUT2D eigenvalue weighted by Gasteiger charge is -2.36. The first-order valence-electron chi connectivity index (χ1n) is 4.33. The molecule has 0 aliphatic heterocycles. The van der Waals surface area contributed by atoms with Crippen molar-refractivity contribution in [2.75, 3.05) is 6.61 Å². The van der Waals surface area contributed by atoms with Gasteiger partial charge in [-0.2, -0.15) is 0 Å². The summed E-state index contributed by atoms with van der Waals surface area (Å²) in [5, 5.41) is 9.14. The molecule has 1 aliphatic rings. The molecule has 1 N–H and O–H groups in total. The van der Waals surface area contributed by atoms with Gasteiger partial charge in [-0.3, -0.25) is 0 Å². The molecule has 1 rings (SSSR count). The Labute approximate surface area is 69.1 Å². The largest absolute Gasteiger partial charge is 0.396 e. The van der Waals surface area contributed by atoms with Crippen LogP contribution >= 0.6 is 0 Å². The predicted molar refractivity (Wildman–Crippen MR) is 47.3 cm³/mol. The molecule has 1 saturated carbocycles. The lowest BCUT2D eigenvalue weighted by molar-refractivity contribution is 0.0991. The standard InChI is InChI=1S/C10H18O/c1-8-4-9(2)6-10(3,5-8)7-11/h9,11H,1,4-7H2,2-3H3. The number of aliphatic hydroxyl groups excluding tert-OH is 1. The number of aliphatic hydroxyl groups is 1. The summed E-state index contributed by atoms with van der Waals surface area (Å²) >= 11 is 0. The molecule has 1 fully saturated rings. The van der Waals surface area contributed by atoms with Gasteiger partial charge < -0.3 is 5.11 Å². The molecule has 2 unspecified atom stereocenters. The number of hydrogen-bond acceptors (Lipinski definition) is 1. The summed E-state index contributed by atoms with van der Waals surface area (Å²) in [6.07, 6.45) is 3.30. The minimum Gasteiger partial charge on any atom is -0.396 e. The third-order valence-electron chi connectivity index (χ3n) is 2.54. The second-order valence-corrected chi connectivity index (χ2v) is 4.41. The quantitative estimate of drug-likeness (QED) is 0.575. The molecule has 1 aliphatic carbocycles.